The van der Waals surface area contributed by atoms with Crippen LogP contribution in [0.3, 0.4) is 0 Å². The molecule has 126 valence electrons. The topological polar surface area (TPSA) is 53.2 Å². The van der Waals surface area contributed by atoms with Crippen molar-refractivity contribution >= 4 is 52.1 Å². The summed E-state index contributed by atoms with van der Waals surface area (Å²) in [5.74, 6) is -1.01. The van der Waals surface area contributed by atoms with Crippen LogP contribution in [0, 0.1) is 12.7 Å². The quantitative estimate of drug-likeness (QED) is 0.551. The Balaban J connectivity index is 1.90. The third kappa shape index (κ3) is 4.80. The molecule has 0 aliphatic carbocycles. The number of anilines is 1. The maximum absolute atomic E-state index is 13.6. The number of hydrazine groups is 1. The third-order valence-corrected chi connectivity index (χ3v) is 4.20. The van der Waals surface area contributed by atoms with E-state index in [9.17, 15) is 9.18 Å². The fourth-order valence-corrected chi connectivity index (χ4v) is 2.49. The third-order valence-electron chi connectivity index (χ3n) is 3.23. The van der Waals surface area contributed by atoms with Gasteiger partial charge in [-0.1, -0.05) is 35.3 Å². The number of rotatable bonds is 3. The zero-order valence-electron chi connectivity index (χ0n) is 12.6. The van der Waals surface area contributed by atoms with Gasteiger partial charge in [-0.05, 0) is 49.0 Å². The van der Waals surface area contributed by atoms with Gasteiger partial charge in [-0.2, -0.15) is 0 Å². The first kappa shape index (κ1) is 18.4. The maximum atomic E-state index is 13.6. The van der Waals surface area contributed by atoms with Crippen molar-refractivity contribution in [2.75, 3.05) is 5.32 Å². The lowest BCUT2D eigenvalue weighted by Crippen LogP contribution is -2.44. The number of nitrogens with one attached hydrogen (secondary N) is 3. The van der Waals surface area contributed by atoms with Gasteiger partial charge in [0.2, 0.25) is 5.91 Å². The molecule has 0 atom stereocenters. The van der Waals surface area contributed by atoms with Crippen LogP contribution in [-0.4, -0.2) is 11.0 Å². The molecule has 0 bridgehead atoms. The van der Waals surface area contributed by atoms with E-state index in [0.29, 0.717) is 10.7 Å². The van der Waals surface area contributed by atoms with Crippen LogP contribution in [0.25, 0.3) is 0 Å². The number of carbonyl (C=O) groups is 1. The zero-order valence-corrected chi connectivity index (χ0v) is 14.9. The lowest BCUT2D eigenvalue weighted by atomic mass is 10.1. The van der Waals surface area contributed by atoms with Crippen molar-refractivity contribution in [1.29, 1.82) is 0 Å². The highest BCUT2D eigenvalue weighted by atomic mass is 35.5. The van der Waals surface area contributed by atoms with Gasteiger partial charge in [-0.3, -0.25) is 15.6 Å². The SMILES string of the molecule is Cc1c(Cl)cccc1NC(=S)NNC(=O)Cc1c(F)cccc1Cl. The molecule has 3 N–H and O–H groups in total. The number of hydrogen-bond acceptors (Lipinski definition) is 2. The normalized spacial score (nSPS) is 10.2. The van der Waals surface area contributed by atoms with E-state index in [1.807, 2.05) is 6.92 Å². The predicted molar refractivity (Wildman–Crippen MR) is 98.8 cm³/mol. The molecule has 2 rings (SSSR count). The highest BCUT2D eigenvalue weighted by molar-refractivity contribution is 7.80. The van der Waals surface area contributed by atoms with Gasteiger partial charge < -0.3 is 5.32 Å². The first-order chi connectivity index (χ1) is 11.4. The molecule has 1 amide bonds. The fourth-order valence-electron chi connectivity index (χ4n) is 1.93. The van der Waals surface area contributed by atoms with E-state index in [1.165, 1.54) is 18.2 Å². The summed E-state index contributed by atoms with van der Waals surface area (Å²) in [7, 11) is 0. The van der Waals surface area contributed by atoms with Crippen LogP contribution in [0.2, 0.25) is 10.0 Å². The molecule has 0 spiro atoms. The minimum absolute atomic E-state index is 0.128. The number of thiocarbonyl (C=S) groups is 1. The van der Waals surface area contributed by atoms with Gasteiger partial charge in [0, 0.05) is 21.3 Å². The molecule has 0 aliphatic rings. The summed E-state index contributed by atoms with van der Waals surface area (Å²) in [6.07, 6.45) is -0.211. The Labute approximate surface area is 154 Å². The molecule has 8 heteroatoms. The first-order valence-electron chi connectivity index (χ1n) is 6.92. The second-order valence-electron chi connectivity index (χ2n) is 4.92. The Hall–Kier alpha value is -1.89. The lowest BCUT2D eigenvalue weighted by Gasteiger charge is -2.14. The molecule has 0 saturated carbocycles. The highest BCUT2D eigenvalue weighted by Crippen LogP contribution is 2.22. The minimum Gasteiger partial charge on any atom is -0.331 e. The van der Waals surface area contributed by atoms with Crippen molar-refractivity contribution in [3.8, 4) is 0 Å². The summed E-state index contributed by atoms with van der Waals surface area (Å²) in [5, 5.41) is 3.88. The van der Waals surface area contributed by atoms with Crippen LogP contribution in [0.4, 0.5) is 10.1 Å². The Bertz CT molecular complexity index is 766. The van der Waals surface area contributed by atoms with Crippen molar-refractivity contribution in [3.63, 3.8) is 0 Å². The van der Waals surface area contributed by atoms with Gasteiger partial charge in [0.05, 0.1) is 6.42 Å². The van der Waals surface area contributed by atoms with E-state index in [1.54, 1.807) is 18.2 Å². The Morgan fingerprint density at radius 2 is 1.79 bits per heavy atom. The van der Waals surface area contributed by atoms with E-state index in [0.717, 1.165) is 5.56 Å². The molecule has 0 unspecified atom stereocenters. The monoisotopic (exact) mass is 385 g/mol. The second-order valence-corrected chi connectivity index (χ2v) is 6.14. The number of amides is 1. The Morgan fingerprint density at radius 1 is 1.12 bits per heavy atom. The molecule has 0 radical (unpaired) electrons. The summed E-state index contributed by atoms with van der Waals surface area (Å²) in [5.41, 5.74) is 6.61. The van der Waals surface area contributed by atoms with Crippen molar-refractivity contribution in [1.82, 2.24) is 10.9 Å². The number of halogens is 3. The maximum Gasteiger partial charge on any atom is 0.242 e. The molecule has 2 aromatic carbocycles. The Kier molecular flexibility index (Phi) is 6.36. The largest absolute Gasteiger partial charge is 0.331 e. The molecule has 0 heterocycles. The summed E-state index contributed by atoms with van der Waals surface area (Å²) in [6, 6.07) is 9.59. The minimum atomic E-state index is -0.534. The van der Waals surface area contributed by atoms with Crippen molar-refractivity contribution < 1.29 is 9.18 Å². The first-order valence-corrected chi connectivity index (χ1v) is 8.08. The summed E-state index contributed by atoms with van der Waals surface area (Å²) in [4.78, 5) is 11.9. The number of benzene rings is 2. The molecular formula is C16H14Cl2FN3OS. The van der Waals surface area contributed by atoms with Gasteiger partial charge in [0.25, 0.3) is 0 Å². The summed E-state index contributed by atoms with van der Waals surface area (Å²) < 4.78 is 13.6. The van der Waals surface area contributed by atoms with Crippen LogP contribution in [-0.2, 0) is 11.2 Å². The standard InChI is InChI=1S/C16H14Cl2FN3OS/c1-9-11(17)4-3-7-14(9)20-16(24)22-21-15(23)8-10-12(18)5-2-6-13(10)19/h2-7H,8H2,1H3,(H,21,23)(H2,20,22,24). The lowest BCUT2D eigenvalue weighted by molar-refractivity contribution is -0.121. The van der Waals surface area contributed by atoms with E-state index >= 15 is 0 Å². The molecule has 0 saturated heterocycles. The van der Waals surface area contributed by atoms with Crippen LogP contribution in [0.15, 0.2) is 36.4 Å². The van der Waals surface area contributed by atoms with E-state index in [-0.39, 0.29) is 22.1 Å². The van der Waals surface area contributed by atoms with E-state index in [2.05, 4.69) is 16.2 Å². The average molecular weight is 386 g/mol. The molecule has 0 fully saturated rings. The van der Waals surface area contributed by atoms with Crippen LogP contribution < -0.4 is 16.2 Å². The highest BCUT2D eigenvalue weighted by Gasteiger charge is 2.12. The van der Waals surface area contributed by atoms with Crippen molar-refractivity contribution in [2.45, 2.75) is 13.3 Å². The smallest absolute Gasteiger partial charge is 0.242 e. The number of hydrogen-bond donors (Lipinski definition) is 3. The van der Waals surface area contributed by atoms with E-state index in [4.69, 9.17) is 35.4 Å². The van der Waals surface area contributed by atoms with Gasteiger partial charge in [0.1, 0.15) is 5.82 Å². The molecule has 0 aliphatic heterocycles. The van der Waals surface area contributed by atoms with Crippen LogP contribution >= 0.6 is 35.4 Å². The number of carbonyl (C=O) groups excluding carboxylic acids is 1. The molecule has 2 aromatic rings. The average Bonchev–Trinajstić information content (AvgIpc) is 2.53. The van der Waals surface area contributed by atoms with Crippen LogP contribution in [0.5, 0.6) is 0 Å². The van der Waals surface area contributed by atoms with Gasteiger partial charge in [-0.25, -0.2) is 4.39 Å². The van der Waals surface area contributed by atoms with Gasteiger partial charge in [0.15, 0.2) is 5.11 Å². The van der Waals surface area contributed by atoms with Crippen LogP contribution in [0.1, 0.15) is 11.1 Å². The summed E-state index contributed by atoms with van der Waals surface area (Å²) >= 11 is 17.0. The second kappa shape index (κ2) is 8.28. The van der Waals surface area contributed by atoms with Gasteiger partial charge >= 0.3 is 0 Å². The van der Waals surface area contributed by atoms with Gasteiger partial charge in [-0.15, -0.1) is 0 Å². The molecular weight excluding hydrogens is 372 g/mol. The zero-order chi connectivity index (χ0) is 17.7. The fraction of sp³-hybridized carbons (Fsp3) is 0.125. The molecule has 0 aromatic heterocycles. The van der Waals surface area contributed by atoms with Crippen molar-refractivity contribution in [3.05, 3.63) is 63.4 Å². The molecule has 24 heavy (non-hydrogen) atoms. The van der Waals surface area contributed by atoms with Crippen molar-refractivity contribution in [2.24, 2.45) is 0 Å². The summed E-state index contributed by atoms with van der Waals surface area (Å²) in [6.45, 7) is 1.84. The molecule has 4 nitrogen and oxygen atoms in total. The predicted octanol–water partition coefficient (Wildman–Crippen LogP) is 4.00. The Morgan fingerprint density at radius 3 is 2.50 bits per heavy atom. The van der Waals surface area contributed by atoms with E-state index < -0.39 is 11.7 Å².